The molecule has 1 aromatic heterocycles. The van der Waals surface area contributed by atoms with Crippen molar-refractivity contribution in [1.29, 1.82) is 0 Å². The Morgan fingerprint density at radius 2 is 1.90 bits per heavy atom. The molecule has 1 aliphatic rings. The number of benzene rings is 2. The molecule has 0 saturated carbocycles. The second-order valence-corrected chi connectivity index (χ2v) is 11.0. The van der Waals surface area contributed by atoms with Crippen LogP contribution >= 0.6 is 27.3 Å². The maximum absolute atomic E-state index is 13.8. The number of carbonyl (C=O) groups excluding carboxylic acids is 2. The topological polar surface area (TPSA) is 105 Å². The van der Waals surface area contributed by atoms with Crippen LogP contribution in [-0.4, -0.2) is 42.9 Å². The number of rotatable bonds is 9. The molecule has 210 valence electrons. The fourth-order valence-electron chi connectivity index (χ4n) is 4.18. The molecule has 0 bridgehead atoms. The SMILES string of the molecule is CCOC(=O)COc1ccc(/C=c2\sc3n(c2=O)[C@@H](c2ccc(OC)cc2)C(C(=O)OC(C)C)=C(C)N=3)cc1Br. The molecule has 2 heterocycles. The summed E-state index contributed by atoms with van der Waals surface area (Å²) < 4.78 is 23.8. The third kappa shape index (κ3) is 6.37. The summed E-state index contributed by atoms with van der Waals surface area (Å²) in [6.45, 7) is 7.09. The maximum atomic E-state index is 13.8. The monoisotopic (exact) mass is 628 g/mol. The molecule has 1 atom stereocenters. The number of halogens is 1. The summed E-state index contributed by atoms with van der Waals surface area (Å²) in [6, 6.07) is 11.8. The highest BCUT2D eigenvalue weighted by Gasteiger charge is 2.33. The van der Waals surface area contributed by atoms with Gasteiger partial charge < -0.3 is 18.9 Å². The third-order valence-corrected chi connectivity index (χ3v) is 7.52. The number of carbonyl (C=O) groups is 2. The standard InChI is InChI=1S/C29H29BrN2O7S/c1-6-37-24(33)15-38-22-12-7-18(13-21(22)30)14-23-27(34)32-26(19-8-10-20(36-5)11-9-19)25(28(35)39-16(2)3)17(4)31-29(32)40-23/h7-14,16,26H,6,15H2,1-5H3/b23-14-/t26-/m0/s1. The van der Waals surface area contributed by atoms with Crippen molar-refractivity contribution in [2.24, 2.45) is 4.99 Å². The minimum absolute atomic E-state index is 0.212. The Kier molecular flexibility index (Phi) is 9.26. The van der Waals surface area contributed by atoms with Gasteiger partial charge in [0.1, 0.15) is 11.5 Å². The Labute approximate surface area is 243 Å². The number of methoxy groups -OCH3 is 1. The van der Waals surface area contributed by atoms with E-state index in [1.165, 1.54) is 15.9 Å². The van der Waals surface area contributed by atoms with Crippen LogP contribution in [0.2, 0.25) is 0 Å². The van der Waals surface area contributed by atoms with Crippen LogP contribution in [0.4, 0.5) is 0 Å². The Morgan fingerprint density at radius 3 is 2.52 bits per heavy atom. The van der Waals surface area contributed by atoms with E-state index in [0.717, 1.165) is 11.1 Å². The van der Waals surface area contributed by atoms with E-state index in [4.69, 9.17) is 18.9 Å². The third-order valence-electron chi connectivity index (χ3n) is 5.92. The summed E-state index contributed by atoms with van der Waals surface area (Å²) in [5.74, 6) is 0.144. The first-order valence-corrected chi connectivity index (χ1v) is 14.2. The fourth-order valence-corrected chi connectivity index (χ4v) is 5.73. The second-order valence-electron chi connectivity index (χ2n) is 9.09. The van der Waals surface area contributed by atoms with Crippen LogP contribution in [0.5, 0.6) is 11.5 Å². The average Bonchev–Trinajstić information content (AvgIpc) is 3.21. The molecule has 0 unspecified atom stereocenters. The van der Waals surface area contributed by atoms with Crippen molar-refractivity contribution in [3.05, 3.63) is 89.0 Å². The lowest BCUT2D eigenvalue weighted by molar-refractivity contribution is -0.145. The van der Waals surface area contributed by atoms with Crippen LogP contribution in [0, 0.1) is 0 Å². The predicted molar refractivity (Wildman–Crippen MR) is 154 cm³/mol. The Hall–Kier alpha value is -3.70. The molecule has 0 fully saturated rings. The molecule has 0 saturated heterocycles. The van der Waals surface area contributed by atoms with Gasteiger partial charge in [-0.15, -0.1) is 0 Å². The number of aromatic nitrogens is 1. The summed E-state index contributed by atoms with van der Waals surface area (Å²) >= 11 is 4.70. The zero-order chi connectivity index (χ0) is 29.0. The quantitative estimate of drug-likeness (QED) is 0.331. The van der Waals surface area contributed by atoms with Crippen molar-refractivity contribution in [3.63, 3.8) is 0 Å². The highest BCUT2D eigenvalue weighted by Crippen LogP contribution is 2.32. The number of allylic oxidation sites excluding steroid dienone is 1. The van der Waals surface area contributed by atoms with E-state index in [-0.39, 0.29) is 24.9 Å². The van der Waals surface area contributed by atoms with Crippen LogP contribution in [0.3, 0.4) is 0 Å². The van der Waals surface area contributed by atoms with Crippen LogP contribution < -0.4 is 24.4 Å². The molecule has 0 radical (unpaired) electrons. The second kappa shape index (κ2) is 12.6. The van der Waals surface area contributed by atoms with Crippen molar-refractivity contribution in [1.82, 2.24) is 4.57 Å². The Morgan fingerprint density at radius 1 is 1.18 bits per heavy atom. The molecular formula is C29H29BrN2O7S. The van der Waals surface area contributed by atoms with E-state index in [1.54, 1.807) is 71.2 Å². The minimum atomic E-state index is -0.721. The lowest BCUT2D eigenvalue weighted by Crippen LogP contribution is -2.40. The van der Waals surface area contributed by atoms with Gasteiger partial charge in [-0.25, -0.2) is 14.6 Å². The highest BCUT2D eigenvalue weighted by molar-refractivity contribution is 9.10. The largest absolute Gasteiger partial charge is 0.497 e. The number of ether oxygens (including phenoxy) is 4. The van der Waals surface area contributed by atoms with Crippen LogP contribution in [-0.2, 0) is 19.1 Å². The van der Waals surface area contributed by atoms with Gasteiger partial charge >= 0.3 is 11.9 Å². The van der Waals surface area contributed by atoms with Gasteiger partial charge in [-0.2, -0.15) is 0 Å². The van der Waals surface area contributed by atoms with Crippen molar-refractivity contribution in [3.8, 4) is 11.5 Å². The molecule has 2 aromatic carbocycles. The number of fused-ring (bicyclic) bond motifs is 1. The lowest BCUT2D eigenvalue weighted by Gasteiger charge is -2.25. The van der Waals surface area contributed by atoms with Crippen molar-refractivity contribution < 1.29 is 28.5 Å². The summed E-state index contributed by atoms with van der Waals surface area (Å²) in [5.41, 5.74) is 1.97. The van der Waals surface area contributed by atoms with Crippen LogP contribution in [0.1, 0.15) is 44.9 Å². The molecule has 40 heavy (non-hydrogen) atoms. The molecule has 1 aliphatic heterocycles. The molecule has 0 spiro atoms. The molecular weight excluding hydrogens is 600 g/mol. The molecule has 0 aliphatic carbocycles. The zero-order valence-electron chi connectivity index (χ0n) is 22.7. The number of thiazole rings is 1. The average molecular weight is 630 g/mol. The number of hydrogen-bond donors (Lipinski definition) is 0. The van der Waals surface area contributed by atoms with Crippen molar-refractivity contribution in [2.75, 3.05) is 20.3 Å². The fraction of sp³-hybridized carbons (Fsp3) is 0.310. The number of nitrogens with zero attached hydrogens (tertiary/aromatic N) is 2. The van der Waals surface area contributed by atoms with Gasteiger partial charge in [0.15, 0.2) is 11.4 Å². The van der Waals surface area contributed by atoms with E-state index in [0.29, 0.717) is 36.6 Å². The molecule has 4 rings (SSSR count). The lowest BCUT2D eigenvalue weighted by atomic mass is 9.96. The van der Waals surface area contributed by atoms with Crippen LogP contribution in [0.25, 0.3) is 6.08 Å². The van der Waals surface area contributed by atoms with E-state index in [9.17, 15) is 14.4 Å². The summed E-state index contributed by atoms with van der Waals surface area (Å²) in [5, 5.41) is 0. The van der Waals surface area contributed by atoms with Crippen molar-refractivity contribution >= 4 is 45.3 Å². The zero-order valence-corrected chi connectivity index (χ0v) is 25.1. The summed E-state index contributed by atoms with van der Waals surface area (Å²) in [4.78, 5) is 43.7. The first kappa shape index (κ1) is 29.3. The van der Waals surface area contributed by atoms with Gasteiger partial charge in [0, 0.05) is 0 Å². The highest BCUT2D eigenvalue weighted by atomic mass is 79.9. The normalized spacial score (nSPS) is 15.0. The smallest absolute Gasteiger partial charge is 0.344 e. The molecule has 9 nitrogen and oxygen atoms in total. The maximum Gasteiger partial charge on any atom is 0.344 e. The van der Waals surface area contributed by atoms with E-state index in [2.05, 4.69) is 20.9 Å². The van der Waals surface area contributed by atoms with Gasteiger partial charge in [0.05, 0.1) is 46.1 Å². The van der Waals surface area contributed by atoms with Gasteiger partial charge in [0.25, 0.3) is 5.56 Å². The van der Waals surface area contributed by atoms with Gasteiger partial charge in [-0.3, -0.25) is 9.36 Å². The van der Waals surface area contributed by atoms with Gasteiger partial charge in [0.2, 0.25) is 0 Å². The number of hydrogen-bond acceptors (Lipinski definition) is 9. The Bertz CT molecular complexity index is 1640. The van der Waals surface area contributed by atoms with Gasteiger partial charge in [-0.1, -0.05) is 29.5 Å². The first-order chi connectivity index (χ1) is 19.1. The molecule has 0 amide bonds. The molecule has 0 N–H and O–H groups in total. The first-order valence-electron chi connectivity index (χ1n) is 12.6. The van der Waals surface area contributed by atoms with Crippen LogP contribution in [0.15, 0.2) is 68.0 Å². The van der Waals surface area contributed by atoms with E-state index >= 15 is 0 Å². The van der Waals surface area contributed by atoms with E-state index in [1.807, 2.05) is 12.1 Å². The summed E-state index contributed by atoms with van der Waals surface area (Å²) in [7, 11) is 1.57. The van der Waals surface area contributed by atoms with Crippen molar-refractivity contribution in [2.45, 2.75) is 39.8 Å². The predicted octanol–water partition coefficient (Wildman–Crippen LogP) is 3.90. The van der Waals surface area contributed by atoms with Gasteiger partial charge in [-0.05, 0) is 85.1 Å². The number of esters is 2. The molecule has 3 aromatic rings. The van der Waals surface area contributed by atoms with E-state index < -0.39 is 18.0 Å². The Balaban J connectivity index is 1.77. The summed E-state index contributed by atoms with van der Waals surface area (Å²) in [6.07, 6.45) is 1.41. The minimum Gasteiger partial charge on any atom is -0.497 e. The molecule has 11 heteroatoms.